The van der Waals surface area contributed by atoms with Crippen molar-refractivity contribution in [2.45, 2.75) is 13.5 Å². The molecule has 1 aromatic carbocycles. The van der Waals surface area contributed by atoms with Crippen molar-refractivity contribution in [1.82, 2.24) is 9.88 Å². The van der Waals surface area contributed by atoms with E-state index in [-0.39, 0.29) is 5.91 Å². The topological polar surface area (TPSA) is 60.8 Å². The normalized spacial score (nSPS) is 15.3. The molecule has 0 atom stereocenters. The first-order chi connectivity index (χ1) is 13.2. The molecule has 6 heteroatoms. The molecular weight excluding hydrogens is 342 g/mol. The predicted molar refractivity (Wildman–Crippen MR) is 103 cm³/mol. The van der Waals surface area contributed by atoms with E-state index in [1.54, 1.807) is 6.26 Å². The maximum Gasteiger partial charge on any atom is 0.268 e. The molecule has 0 saturated carbocycles. The molecule has 0 bridgehead atoms. The van der Waals surface area contributed by atoms with E-state index in [0.29, 0.717) is 18.8 Å². The van der Waals surface area contributed by atoms with Crippen molar-refractivity contribution in [1.29, 1.82) is 0 Å². The first kappa shape index (κ1) is 17.8. The molecule has 3 aromatic rings. The van der Waals surface area contributed by atoms with Gasteiger partial charge in [0.1, 0.15) is 18.8 Å². The summed E-state index contributed by atoms with van der Waals surface area (Å²) >= 11 is 0. The first-order valence-corrected chi connectivity index (χ1v) is 9.52. The van der Waals surface area contributed by atoms with Crippen molar-refractivity contribution in [3.05, 3.63) is 59.5 Å². The van der Waals surface area contributed by atoms with Gasteiger partial charge in [-0.1, -0.05) is 29.8 Å². The highest BCUT2D eigenvalue weighted by molar-refractivity contribution is 5.97. The number of nitrogens with zero attached hydrogens (tertiary/aromatic N) is 1. The third kappa shape index (κ3) is 4.07. The molecule has 6 nitrogen and oxygen atoms in total. The van der Waals surface area contributed by atoms with Gasteiger partial charge in [-0.2, -0.15) is 0 Å². The molecule has 0 unspecified atom stereocenters. The second-order valence-electron chi connectivity index (χ2n) is 7.15. The van der Waals surface area contributed by atoms with Gasteiger partial charge in [0, 0.05) is 5.39 Å². The Morgan fingerprint density at radius 3 is 2.89 bits per heavy atom. The van der Waals surface area contributed by atoms with Crippen molar-refractivity contribution >= 4 is 17.0 Å². The zero-order chi connectivity index (χ0) is 18.6. The van der Waals surface area contributed by atoms with Gasteiger partial charge in [-0.05, 0) is 24.6 Å². The molecule has 3 heterocycles. The fourth-order valence-electron chi connectivity index (χ4n) is 3.67. The number of carbonyl (C=O) groups is 1. The fourth-order valence-corrected chi connectivity index (χ4v) is 3.67. The summed E-state index contributed by atoms with van der Waals surface area (Å²) in [5, 5.41) is 4.02. The third-order valence-electron chi connectivity index (χ3n) is 5.12. The molecule has 4 rings (SSSR count). The van der Waals surface area contributed by atoms with Crippen LogP contribution in [0, 0.1) is 6.92 Å². The van der Waals surface area contributed by atoms with Crippen molar-refractivity contribution in [2.24, 2.45) is 0 Å². The molecular formula is C21H26N3O3+. The lowest BCUT2D eigenvalue weighted by molar-refractivity contribution is -0.906. The van der Waals surface area contributed by atoms with Crippen molar-refractivity contribution in [2.75, 3.05) is 39.4 Å². The lowest BCUT2D eigenvalue weighted by Gasteiger charge is -2.23. The van der Waals surface area contributed by atoms with E-state index in [1.807, 2.05) is 22.8 Å². The molecule has 0 spiro atoms. The SMILES string of the molecule is Cc1cccc(Cn2c(C(=O)NCC[NH+]3CCOCC3)cc3ccoc32)c1. The molecule has 2 N–H and O–H groups in total. The summed E-state index contributed by atoms with van der Waals surface area (Å²) in [4.78, 5) is 14.3. The predicted octanol–water partition coefficient (Wildman–Crippen LogP) is 1.24. The Morgan fingerprint density at radius 1 is 1.22 bits per heavy atom. The highest BCUT2D eigenvalue weighted by Crippen LogP contribution is 2.22. The van der Waals surface area contributed by atoms with E-state index < -0.39 is 0 Å². The van der Waals surface area contributed by atoms with E-state index in [9.17, 15) is 4.79 Å². The Bertz CT molecular complexity index is 922. The van der Waals surface area contributed by atoms with Gasteiger partial charge < -0.3 is 23.9 Å². The summed E-state index contributed by atoms with van der Waals surface area (Å²) < 4.78 is 13.0. The molecule has 27 heavy (non-hydrogen) atoms. The number of benzene rings is 1. The molecule has 0 radical (unpaired) electrons. The lowest BCUT2D eigenvalue weighted by Crippen LogP contribution is -3.14. The van der Waals surface area contributed by atoms with Crippen molar-refractivity contribution in [3.63, 3.8) is 0 Å². The number of furan rings is 1. The van der Waals surface area contributed by atoms with Gasteiger partial charge in [-0.15, -0.1) is 0 Å². The number of hydrogen-bond acceptors (Lipinski definition) is 3. The number of fused-ring (bicyclic) bond motifs is 1. The van der Waals surface area contributed by atoms with Gasteiger partial charge in [-0.25, -0.2) is 0 Å². The highest BCUT2D eigenvalue weighted by Gasteiger charge is 2.19. The minimum atomic E-state index is -0.0540. The van der Waals surface area contributed by atoms with Gasteiger partial charge in [0.05, 0.1) is 39.1 Å². The standard InChI is InChI=1S/C21H25N3O3/c1-16-3-2-4-17(13-16)15-24-19(14-18-5-10-27-21(18)24)20(25)22-6-7-23-8-11-26-12-9-23/h2-5,10,13-14H,6-9,11-12,15H2,1H3,(H,22,25)/p+1. The minimum absolute atomic E-state index is 0.0540. The van der Waals surface area contributed by atoms with E-state index in [4.69, 9.17) is 9.15 Å². The molecule has 0 aliphatic carbocycles. The molecule has 142 valence electrons. The number of aryl methyl sites for hydroxylation is 1. The Labute approximate surface area is 158 Å². The van der Waals surface area contributed by atoms with Crippen LogP contribution in [0.5, 0.6) is 0 Å². The molecule has 2 aromatic heterocycles. The van der Waals surface area contributed by atoms with Crippen molar-refractivity contribution in [3.8, 4) is 0 Å². The van der Waals surface area contributed by atoms with Crippen molar-refractivity contribution < 1.29 is 18.8 Å². The summed E-state index contributed by atoms with van der Waals surface area (Å²) in [6.07, 6.45) is 1.67. The third-order valence-corrected chi connectivity index (χ3v) is 5.12. The number of morpholine rings is 1. The summed E-state index contributed by atoms with van der Waals surface area (Å²) in [6.45, 7) is 7.88. The van der Waals surface area contributed by atoms with Crippen LogP contribution in [0.25, 0.3) is 11.1 Å². The van der Waals surface area contributed by atoms with Crippen LogP contribution in [0.15, 0.2) is 47.1 Å². The molecule has 1 saturated heterocycles. The summed E-state index contributed by atoms with van der Waals surface area (Å²) in [5.41, 5.74) is 3.73. The fraction of sp³-hybridized carbons (Fsp3) is 0.381. The Kier molecular flexibility index (Phi) is 5.27. The van der Waals surface area contributed by atoms with Gasteiger partial charge in [0.15, 0.2) is 0 Å². The monoisotopic (exact) mass is 368 g/mol. The van der Waals surface area contributed by atoms with Gasteiger partial charge in [0.2, 0.25) is 5.71 Å². The van der Waals surface area contributed by atoms with Crippen LogP contribution in [0.1, 0.15) is 21.6 Å². The quantitative estimate of drug-likeness (QED) is 0.688. The van der Waals surface area contributed by atoms with Crippen LogP contribution in [-0.2, 0) is 11.3 Å². The number of quaternary nitrogens is 1. The Hall–Kier alpha value is -2.57. The number of carbonyl (C=O) groups excluding carboxylic acids is 1. The van der Waals surface area contributed by atoms with E-state index in [1.165, 1.54) is 10.5 Å². The van der Waals surface area contributed by atoms with Crippen LogP contribution < -0.4 is 10.2 Å². The number of hydrogen-bond donors (Lipinski definition) is 2. The van der Waals surface area contributed by atoms with Crippen LogP contribution in [0.2, 0.25) is 0 Å². The maximum atomic E-state index is 12.8. The smallest absolute Gasteiger partial charge is 0.268 e. The number of aromatic nitrogens is 1. The van der Waals surface area contributed by atoms with Crippen LogP contribution >= 0.6 is 0 Å². The number of rotatable bonds is 6. The number of nitrogens with one attached hydrogen (secondary N) is 2. The average Bonchev–Trinajstić information content (AvgIpc) is 3.25. The molecule has 1 fully saturated rings. The maximum absolute atomic E-state index is 12.8. The molecule has 1 aliphatic rings. The zero-order valence-corrected chi connectivity index (χ0v) is 15.7. The van der Waals surface area contributed by atoms with Crippen LogP contribution in [0.3, 0.4) is 0 Å². The number of amides is 1. The number of ether oxygens (including phenoxy) is 1. The first-order valence-electron chi connectivity index (χ1n) is 9.52. The summed E-state index contributed by atoms with van der Waals surface area (Å²) in [5.74, 6) is -0.0540. The van der Waals surface area contributed by atoms with Gasteiger partial charge in [0.25, 0.3) is 5.91 Å². The van der Waals surface area contributed by atoms with Gasteiger partial charge in [-0.3, -0.25) is 4.79 Å². The molecule has 1 amide bonds. The van der Waals surface area contributed by atoms with E-state index in [0.717, 1.165) is 49.5 Å². The second kappa shape index (κ2) is 7.98. The van der Waals surface area contributed by atoms with Crippen LogP contribution in [0.4, 0.5) is 0 Å². The second-order valence-corrected chi connectivity index (χ2v) is 7.15. The zero-order valence-electron chi connectivity index (χ0n) is 15.7. The van der Waals surface area contributed by atoms with Crippen LogP contribution in [-0.4, -0.2) is 49.9 Å². The van der Waals surface area contributed by atoms with E-state index >= 15 is 0 Å². The van der Waals surface area contributed by atoms with E-state index in [2.05, 4.69) is 30.4 Å². The van der Waals surface area contributed by atoms with Gasteiger partial charge >= 0.3 is 0 Å². The summed E-state index contributed by atoms with van der Waals surface area (Å²) in [6, 6.07) is 12.1. The lowest BCUT2D eigenvalue weighted by atomic mass is 10.1. The Balaban J connectivity index is 1.48. The highest BCUT2D eigenvalue weighted by atomic mass is 16.5. The Morgan fingerprint density at radius 2 is 2.07 bits per heavy atom. The minimum Gasteiger partial charge on any atom is -0.448 e. The average molecular weight is 368 g/mol. The largest absolute Gasteiger partial charge is 0.448 e. The summed E-state index contributed by atoms with van der Waals surface area (Å²) in [7, 11) is 0. The molecule has 1 aliphatic heterocycles.